The summed E-state index contributed by atoms with van der Waals surface area (Å²) in [6.07, 6.45) is 2.64. The maximum absolute atomic E-state index is 3.60. The molecular formula is C13H21BrN2S. The molecule has 0 aromatic carbocycles. The van der Waals surface area contributed by atoms with Gasteiger partial charge in [-0.25, -0.2) is 0 Å². The zero-order valence-corrected chi connectivity index (χ0v) is 13.0. The van der Waals surface area contributed by atoms with E-state index in [2.05, 4.69) is 52.5 Å². The molecule has 1 unspecified atom stereocenters. The summed E-state index contributed by atoms with van der Waals surface area (Å²) in [4.78, 5) is 1.44. The van der Waals surface area contributed by atoms with Crippen molar-refractivity contribution in [3.8, 4) is 0 Å². The van der Waals surface area contributed by atoms with Gasteiger partial charge in [0, 0.05) is 29.4 Å². The molecule has 96 valence electrons. The molecule has 2 N–H and O–H groups in total. The Balaban J connectivity index is 1.80. The molecule has 4 heteroatoms. The summed E-state index contributed by atoms with van der Waals surface area (Å²) in [5.41, 5.74) is 0.218. The van der Waals surface area contributed by atoms with Crippen LogP contribution in [-0.4, -0.2) is 25.7 Å². The molecular weight excluding hydrogens is 296 g/mol. The van der Waals surface area contributed by atoms with Gasteiger partial charge in [0.1, 0.15) is 0 Å². The van der Waals surface area contributed by atoms with Crippen molar-refractivity contribution in [1.82, 2.24) is 10.6 Å². The lowest BCUT2D eigenvalue weighted by molar-refractivity contribution is 0.447. The van der Waals surface area contributed by atoms with Crippen LogP contribution in [0.4, 0.5) is 0 Å². The average molecular weight is 317 g/mol. The van der Waals surface area contributed by atoms with E-state index in [1.54, 1.807) is 0 Å². The Kier molecular flexibility index (Phi) is 4.64. The Morgan fingerprint density at radius 3 is 2.94 bits per heavy atom. The highest BCUT2D eigenvalue weighted by Crippen LogP contribution is 2.32. The van der Waals surface area contributed by atoms with Gasteiger partial charge in [-0.2, -0.15) is 0 Å². The highest BCUT2D eigenvalue weighted by atomic mass is 79.9. The Bertz CT molecular complexity index is 356. The second kappa shape index (κ2) is 5.83. The van der Waals surface area contributed by atoms with Gasteiger partial charge in [0.05, 0.1) is 3.79 Å². The molecule has 0 aliphatic carbocycles. The average Bonchev–Trinajstić information content (AvgIpc) is 2.89. The first-order chi connectivity index (χ1) is 8.08. The van der Waals surface area contributed by atoms with Crippen LogP contribution in [0.15, 0.2) is 15.9 Å². The Hall–Kier alpha value is 0.1000. The highest BCUT2D eigenvalue weighted by Gasteiger charge is 2.23. The van der Waals surface area contributed by atoms with Crippen molar-refractivity contribution in [2.75, 3.05) is 19.6 Å². The lowest BCUT2D eigenvalue weighted by atomic mass is 9.91. The van der Waals surface area contributed by atoms with Crippen molar-refractivity contribution in [1.29, 1.82) is 0 Å². The van der Waals surface area contributed by atoms with Crippen LogP contribution in [0.3, 0.4) is 0 Å². The van der Waals surface area contributed by atoms with Gasteiger partial charge in [0.2, 0.25) is 0 Å². The molecule has 0 spiro atoms. The summed E-state index contributed by atoms with van der Waals surface area (Å²) in [5.74, 6) is 0. The molecule has 2 heterocycles. The molecule has 0 saturated carbocycles. The van der Waals surface area contributed by atoms with Crippen LogP contribution in [-0.2, 0) is 5.41 Å². The maximum Gasteiger partial charge on any atom is 0.0701 e. The molecule has 1 aliphatic rings. The van der Waals surface area contributed by atoms with Gasteiger partial charge in [-0.1, -0.05) is 13.8 Å². The molecule has 0 amide bonds. The zero-order valence-electron chi connectivity index (χ0n) is 10.6. The quantitative estimate of drug-likeness (QED) is 0.872. The van der Waals surface area contributed by atoms with Crippen molar-refractivity contribution >= 4 is 27.3 Å². The van der Waals surface area contributed by atoms with Crippen molar-refractivity contribution < 1.29 is 0 Å². The lowest BCUT2D eigenvalue weighted by Gasteiger charge is -2.24. The summed E-state index contributed by atoms with van der Waals surface area (Å²) < 4.78 is 1.22. The molecule has 0 bridgehead atoms. The van der Waals surface area contributed by atoms with E-state index in [9.17, 15) is 0 Å². The van der Waals surface area contributed by atoms with Crippen LogP contribution in [0.5, 0.6) is 0 Å². The van der Waals surface area contributed by atoms with Crippen LogP contribution in [0.25, 0.3) is 0 Å². The van der Waals surface area contributed by atoms with E-state index in [-0.39, 0.29) is 5.41 Å². The molecule has 1 aliphatic heterocycles. The maximum atomic E-state index is 3.60. The standard InChI is InChI=1S/C13H21BrN2S/c1-13(2,11-5-6-12(14)17-11)9-15-8-10-4-3-7-16-10/h5-6,10,15-16H,3-4,7-9H2,1-2H3. The number of nitrogens with one attached hydrogen (secondary N) is 2. The van der Waals surface area contributed by atoms with Gasteiger partial charge in [-0.05, 0) is 47.4 Å². The Morgan fingerprint density at radius 1 is 1.53 bits per heavy atom. The third-order valence-electron chi connectivity index (χ3n) is 3.36. The monoisotopic (exact) mass is 316 g/mol. The molecule has 1 atom stereocenters. The van der Waals surface area contributed by atoms with Crippen molar-refractivity contribution in [3.63, 3.8) is 0 Å². The molecule has 0 radical (unpaired) electrons. The predicted molar refractivity (Wildman–Crippen MR) is 78.9 cm³/mol. The van der Waals surface area contributed by atoms with Crippen LogP contribution in [0.2, 0.25) is 0 Å². The SMILES string of the molecule is CC(C)(CNCC1CCCN1)c1ccc(Br)s1. The van der Waals surface area contributed by atoms with Gasteiger partial charge in [-0.3, -0.25) is 0 Å². The van der Waals surface area contributed by atoms with Crippen LogP contribution < -0.4 is 10.6 Å². The third-order valence-corrected chi connectivity index (χ3v) is 5.35. The van der Waals surface area contributed by atoms with Gasteiger partial charge in [0.15, 0.2) is 0 Å². The number of thiophene rings is 1. The fourth-order valence-electron chi connectivity index (χ4n) is 2.25. The molecule has 1 fully saturated rings. The van der Waals surface area contributed by atoms with E-state index in [1.807, 2.05) is 11.3 Å². The molecule has 1 aromatic rings. The molecule has 1 aromatic heterocycles. The zero-order chi connectivity index (χ0) is 12.3. The van der Waals surface area contributed by atoms with Crippen molar-refractivity contribution in [2.45, 2.75) is 38.1 Å². The summed E-state index contributed by atoms with van der Waals surface area (Å²) in [6, 6.07) is 5.05. The van der Waals surface area contributed by atoms with E-state index in [1.165, 1.54) is 28.0 Å². The molecule has 1 saturated heterocycles. The first kappa shape index (κ1) is 13.5. The molecule has 2 nitrogen and oxygen atoms in total. The Labute approximate surface area is 116 Å². The van der Waals surface area contributed by atoms with E-state index in [4.69, 9.17) is 0 Å². The van der Waals surface area contributed by atoms with Crippen LogP contribution >= 0.6 is 27.3 Å². The number of hydrogen-bond donors (Lipinski definition) is 2. The normalized spacial score (nSPS) is 21.0. The number of halogens is 1. The van der Waals surface area contributed by atoms with Crippen LogP contribution in [0.1, 0.15) is 31.6 Å². The fourth-order valence-corrected chi connectivity index (χ4v) is 3.74. The van der Waals surface area contributed by atoms with Gasteiger partial charge in [0.25, 0.3) is 0 Å². The van der Waals surface area contributed by atoms with E-state index >= 15 is 0 Å². The minimum Gasteiger partial charge on any atom is -0.314 e. The number of rotatable bonds is 5. The molecule has 17 heavy (non-hydrogen) atoms. The van der Waals surface area contributed by atoms with Gasteiger partial charge < -0.3 is 10.6 Å². The van der Waals surface area contributed by atoms with E-state index in [0.29, 0.717) is 6.04 Å². The first-order valence-corrected chi connectivity index (χ1v) is 7.89. The minimum absolute atomic E-state index is 0.218. The van der Waals surface area contributed by atoms with E-state index in [0.717, 1.165) is 13.1 Å². The lowest BCUT2D eigenvalue weighted by Crippen LogP contribution is -2.39. The van der Waals surface area contributed by atoms with Gasteiger partial charge >= 0.3 is 0 Å². The van der Waals surface area contributed by atoms with Crippen molar-refractivity contribution in [2.24, 2.45) is 0 Å². The largest absolute Gasteiger partial charge is 0.314 e. The van der Waals surface area contributed by atoms with Crippen LogP contribution in [0, 0.1) is 0 Å². The third kappa shape index (κ3) is 3.78. The summed E-state index contributed by atoms with van der Waals surface area (Å²) >= 11 is 5.37. The summed E-state index contributed by atoms with van der Waals surface area (Å²) in [5, 5.41) is 7.12. The topological polar surface area (TPSA) is 24.1 Å². The van der Waals surface area contributed by atoms with Gasteiger partial charge in [-0.15, -0.1) is 11.3 Å². The smallest absolute Gasteiger partial charge is 0.0701 e. The minimum atomic E-state index is 0.218. The highest BCUT2D eigenvalue weighted by molar-refractivity contribution is 9.11. The predicted octanol–water partition coefficient (Wildman–Crippen LogP) is 3.13. The number of hydrogen-bond acceptors (Lipinski definition) is 3. The van der Waals surface area contributed by atoms with E-state index < -0.39 is 0 Å². The van der Waals surface area contributed by atoms with Crippen molar-refractivity contribution in [3.05, 3.63) is 20.8 Å². The summed E-state index contributed by atoms with van der Waals surface area (Å²) in [7, 11) is 0. The summed E-state index contributed by atoms with van der Waals surface area (Å²) in [6.45, 7) is 7.93. The second-order valence-electron chi connectivity index (χ2n) is 5.41. The second-order valence-corrected chi connectivity index (χ2v) is 7.87. The Morgan fingerprint density at radius 2 is 2.35 bits per heavy atom. The first-order valence-electron chi connectivity index (χ1n) is 6.28. The molecule has 2 rings (SSSR count). The fraction of sp³-hybridized carbons (Fsp3) is 0.692.